The van der Waals surface area contributed by atoms with Crippen molar-refractivity contribution in [1.82, 2.24) is 4.57 Å². The van der Waals surface area contributed by atoms with Crippen LogP contribution in [-0.2, 0) is 6.54 Å². The average molecular weight is 217 g/mol. The Balaban J connectivity index is 2.39. The van der Waals surface area contributed by atoms with E-state index in [1.807, 2.05) is 30.3 Å². The highest BCUT2D eigenvalue weighted by Crippen LogP contribution is 2.32. The van der Waals surface area contributed by atoms with Crippen molar-refractivity contribution in [2.24, 2.45) is 0 Å². The molecule has 0 atom stereocenters. The van der Waals surface area contributed by atoms with E-state index in [9.17, 15) is 10.2 Å². The van der Waals surface area contributed by atoms with Crippen LogP contribution < -0.4 is 0 Å². The van der Waals surface area contributed by atoms with Crippen LogP contribution in [0.15, 0.2) is 30.3 Å². The van der Waals surface area contributed by atoms with Crippen LogP contribution in [0.5, 0.6) is 11.8 Å². The molecule has 1 aromatic heterocycles. The predicted molar refractivity (Wildman–Crippen MR) is 62.8 cm³/mol. The third kappa shape index (κ3) is 1.65. The van der Waals surface area contributed by atoms with Gasteiger partial charge in [0.05, 0.1) is 6.54 Å². The van der Waals surface area contributed by atoms with Gasteiger partial charge in [-0.25, -0.2) is 0 Å². The lowest BCUT2D eigenvalue weighted by atomic mass is 10.2. The Morgan fingerprint density at radius 2 is 1.44 bits per heavy atom. The number of rotatable bonds is 2. The van der Waals surface area contributed by atoms with Crippen molar-refractivity contribution in [1.29, 1.82) is 0 Å². The van der Waals surface area contributed by atoms with E-state index in [-0.39, 0.29) is 11.8 Å². The molecule has 16 heavy (non-hydrogen) atoms. The minimum absolute atomic E-state index is 0.138. The Kier molecular flexibility index (Phi) is 2.60. The van der Waals surface area contributed by atoms with Crippen molar-refractivity contribution in [2.75, 3.05) is 0 Å². The molecule has 3 nitrogen and oxygen atoms in total. The summed E-state index contributed by atoms with van der Waals surface area (Å²) < 4.78 is 1.51. The Morgan fingerprint density at radius 1 is 0.938 bits per heavy atom. The summed E-state index contributed by atoms with van der Waals surface area (Å²) in [7, 11) is 0. The van der Waals surface area contributed by atoms with E-state index in [1.165, 1.54) is 4.57 Å². The molecule has 0 amide bonds. The first-order valence-electron chi connectivity index (χ1n) is 5.22. The van der Waals surface area contributed by atoms with Gasteiger partial charge in [0.15, 0.2) is 11.8 Å². The largest absolute Gasteiger partial charge is 0.494 e. The van der Waals surface area contributed by atoms with Crippen molar-refractivity contribution >= 4 is 0 Å². The van der Waals surface area contributed by atoms with Gasteiger partial charge in [-0.1, -0.05) is 30.3 Å². The van der Waals surface area contributed by atoms with Crippen LogP contribution in [0.25, 0.3) is 0 Å². The molecule has 1 aromatic carbocycles. The summed E-state index contributed by atoms with van der Waals surface area (Å²) in [4.78, 5) is 0. The second-order valence-corrected chi connectivity index (χ2v) is 3.97. The Bertz CT molecular complexity index is 475. The second kappa shape index (κ2) is 3.93. The highest BCUT2D eigenvalue weighted by Gasteiger charge is 2.15. The first kappa shape index (κ1) is 10.6. The molecule has 0 aliphatic rings. The van der Waals surface area contributed by atoms with Crippen molar-refractivity contribution in [3.63, 3.8) is 0 Å². The third-order valence-electron chi connectivity index (χ3n) is 2.93. The lowest BCUT2D eigenvalue weighted by molar-refractivity contribution is 0.375. The zero-order chi connectivity index (χ0) is 11.7. The summed E-state index contributed by atoms with van der Waals surface area (Å²) in [5, 5.41) is 19.7. The van der Waals surface area contributed by atoms with Gasteiger partial charge in [0.25, 0.3) is 0 Å². The number of nitrogens with zero attached hydrogens (tertiary/aromatic N) is 1. The van der Waals surface area contributed by atoms with Crippen LogP contribution in [0.2, 0.25) is 0 Å². The highest BCUT2D eigenvalue weighted by molar-refractivity contribution is 5.43. The van der Waals surface area contributed by atoms with Gasteiger partial charge in [0.2, 0.25) is 0 Å². The summed E-state index contributed by atoms with van der Waals surface area (Å²) in [6.07, 6.45) is 0. The zero-order valence-electron chi connectivity index (χ0n) is 9.44. The summed E-state index contributed by atoms with van der Waals surface area (Å²) in [5.74, 6) is 0.276. The zero-order valence-corrected chi connectivity index (χ0v) is 9.44. The number of hydrogen-bond donors (Lipinski definition) is 2. The minimum atomic E-state index is 0.138. The van der Waals surface area contributed by atoms with Crippen LogP contribution in [0.3, 0.4) is 0 Å². The molecule has 3 heteroatoms. The number of aromatic hydroxyl groups is 2. The third-order valence-corrected chi connectivity index (χ3v) is 2.93. The average Bonchev–Trinajstić information content (AvgIpc) is 2.48. The van der Waals surface area contributed by atoms with Gasteiger partial charge in [-0.05, 0) is 19.4 Å². The molecule has 2 N–H and O–H groups in total. The van der Waals surface area contributed by atoms with Crippen LogP contribution in [0.4, 0.5) is 0 Å². The first-order valence-corrected chi connectivity index (χ1v) is 5.22. The van der Waals surface area contributed by atoms with Gasteiger partial charge in [0.1, 0.15) is 0 Å². The fourth-order valence-electron chi connectivity index (χ4n) is 1.76. The number of hydrogen-bond acceptors (Lipinski definition) is 2. The molecule has 0 saturated heterocycles. The van der Waals surface area contributed by atoms with Crippen molar-refractivity contribution in [2.45, 2.75) is 20.4 Å². The van der Waals surface area contributed by atoms with E-state index in [0.717, 1.165) is 16.7 Å². The molecule has 0 saturated carbocycles. The van der Waals surface area contributed by atoms with E-state index < -0.39 is 0 Å². The standard InChI is InChI=1S/C13H15NO2/c1-9-10(2)13(16)14(12(9)15)8-11-6-4-3-5-7-11/h3-7,15-16H,8H2,1-2H3. The summed E-state index contributed by atoms with van der Waals surface area (Å²) in [6.45, 7) is 4.07. The summed E-state index contributed by atoms with van der Waals surface area (Å²) in [6, 6.07) is 9.74. The molecule has 1 heterocycles. The van der Waals surface area contributed by atoms with E-state index in [0.29, 0.717) is 6.54 Å². The summed E-state index contributed by atoms with van der Waals surface area (Å²) in [5.41, 5.74) is 2.50. The Labute approximate surface area is 94.6 Å². The maximum absolute atomic E-state index is 9.86. The molecule has 0 aliphatic carbocycles. The fraction of sp³-hybridized carbons (Fsp3) is 0.231. The molecule has 0 aliphatic heterocycles. The summed E-state index contributed by atoms with van der Waals surface area (Å²) >= 11 is 0. The predicted octanol–water partition coefficient (Wildman–Crippen LogP) is 2.56. The molecule has 0 unspecified atom stereocenters. The van der Waals surface area contributed by atoms with Gasteiger partial charge in [-0.15, -0.1) is 0 Å². The number of benzene rings is 1. The molecule has 0 fully saturated rings. The molecule has 2 rings (SSSR count). The van der Waals surface area contributed by atoms with Gasteiger partial charge >= 0.3 is 0 Å². The van der Waals surface area contributed by atoms with Gasteiger partial charge in [-0.3, -0.25) is 4.57 Å². The van der Waals surface area contributed by atoms with E-state index >= 15 is 0 Å². The van der Waals surface area contributed by atoms with Crippen molar-refractivity contribution < 1.29 is 10.2 Å². The van der Waals surface area contributed by atoms with Gasteiger partial charge < -0.3 is 10.2 Å². The van der Waals surface area contributed by atoms with Crippen LogP contribution in [0.1, 0.15) is 16.7 Å². The maximum atomic E-state index is 9.86. The number of aromatic nitrogens is 1. The van der Waals surface area contributed by atoms with Gasteiger partial charge in [-0.2, -0.15) is 0 Å². The minimum Gasteiger partial charge on any atom is -0.494 e. The lowest BCUT2D eigenvalue weighted by Gasteiger charge is -2.06. The van der Waals surface area contributed by atoms with Crippen LogP contribution in [0, 0.1) is 13.8 Å². The van der Waals surface area contributed by atoms with Crippen LogP contribution >= 0.6 is 0 Å². The molecule has 0 bridgehead atoms. The first-order chi connectivity index (χ1) is 7.61. The van der Waals surface area contributed by atoms with E-state index in [2.05, 4.69) is 0 Å². The van der Waals surface area contributed by atoms with Crippen molar-refractivity contribution in [3.05, 3.63) is 47.0 Å². The molecule has 0 spiro atoms. The lowest BCUT2D eigenvalue weighted by Crippen LogP contribution is -1.98. The normalized spacial score (nSPS) is 10.6. The maximum Gasteiger partial charge on any atom is 0.197 e. The Hall–Kier alpha value is -1.90. The van der Waals surface area contributed by atoms with E-state index in [4.69, 9.17) is 0 Å². The highest BCUT2D eigenvalue weighted by atomic mass is 16.3. The fourth-order valence-corrected chi connectivity index (χ4v) is 1.76. The molecule has 2 aromatic rings. The smallest absolute Gasteiger partial charge is 0.197 e. The van der Waals surface area contributed by atoms with E-state index in [1.54, 1.807) is 13.8 Å². The SMILES string of the molecule is Cc1c(C)c(O)n(Cc2ccccc2)c1O. The quantitative estimate of drug-likeness (QED) is 0.812. The van der Waals surface area contributed by atoms with Crippen LogP contribution in [-0.4, -0.2) is 14.8 Å². The van der Waals surface area contributed by atoms with Gasteiger partial charge in [0, 0.05) is 11.1 Å². The molecule has 0 radical (unpaired) electrons. The van der Waals surface area contributed by atoms with Crippen molar-refractivity contribution in [3.8, 4) is 11.8 Å². The monoisotopic (exact) mass is 217 g/mol. The topological polar surface area (TPSA) is 45.4 Å². The Morgan fingerprint density at radius 3 is 1.94 bits per heavy atom. The molecular weight excluding hydrogens is 202 g/mol. The molecule has 84 valence electrons. The molecular formula is C13H15NO2. The second-order valence-electron chi connectivity index (χ2n) is 3.97.